The monoisotopic (exact) mass is 1310 g/mol. The molecule has 4 amide bonds. The van der Waals surface area contributed by atoms with Gasteiger partial charge in [-0.3, -0.25) is 0 Å². The van der Waals surface area contributed by atoms with Crippen molar-refractivity contribution in [3.05, 3.63) is 221 Å². The summed E-state index contributed by atoms with van der Waals surface area (Å²) >= 11 is -5.44. The number of hydrogen-bond donors (Lipinski definition) is 4. The van der Waals surface area contributed by atoms with Crippen LogP contribution in [0.4, 0.5) is 22.7 Å². The van der Waals surface area contributed by atoms with Gasteiger partial charge in [0, 0.05) is 0 Å². The van der Waals surface area contributed by atoms with E-state index in [-0.39, 0.29) is 23.6 Å². The van der Waals surface area contributed by atoms with Crippen LogP contribution in [0.3, 0.4) is 0 Å². The Kier molecular flexibility index (Phi) is 21.4. The van der Waals surface area contributed by atoms with E-state index in [1.54, 1.807) is 48.6 Å². The van der Waals surface area contributed by atoms with E-state index in [2.05, 4.69) is 71.8 Å². The van der Waals surface area contributed by atoms with Crippen molar-refractivity contribution in [2.24, 2.45) is 0 Å². The van der Waals surface area contributed by atoms with Crippen LogP contribution < -0.4 is 27.8 Å². The summed E-state index contributed by atoms with van der Waals surface area (Å²) in [5.41, 5.74) is 2.83. The van der Waals surface area contributed by atoms with E-state index in [1.807, 2.05) is 131 Å². The van der Waals surface area contributed by atoms with E-state index in [0.717, 1.165) is 19.6 Å². The molecule has 322 valence electrons. The van der Waals surface area contributed by atoms with Crippen LogP contribution in [0.5, 0.6) is 0 Å². The molecule has 0 saturated carbocycles. The van der Waals surface area contributed by atoms with Gasteiger partial charge in [0.2, 0.25) is 0 Å². The number of anilines is 4. The van der Waals surface area contributed by atoms with E-state index < -0.39 is 37.6 Å². The maximum atomic E-state index is 12.3. The summed E-state index contributed by atoms with van der Waals surface area (Å²) in [5.74, 6) is -0.889. The third kappa shape index (κ3) is 17.6. The molecule has 0 aliphatic heterocycles. The molecule has 0 bridgehead atoms. The van der Waals surface area contributed by atoms with Crippen molar-refractivity contribution in [2.75, 3.05) is 21.3 Å². The van der Waals surface area contributed by atoms with Crippen molar-refractivity contribution in [1.29, 1.82) is 0 Å². The van der Waals surface area contributed by atoms with Gasteiger partial charge in [-0.25, -0.2) is 0 Å². The van der Waals surface area contributed by atoms with E-state index in [0.29, 0.717) is 22.7 Å². The fraction of sp³-hybridized carbons (Fsp3) is 0. The van der Waals surface area contributed by atoms with Gasteiger partial charge in [0.15, 0.2) is 0 Å². The summed E-state index contributed by atoms with van der Waals surface area (Å²) in [6.45, 7) is 14.5. The Hall–Kier alpha value is -4.93. The standard InChI is InChI=1S/4C11H11NOS.C6H4.2Bi/c4*1-2-3-4-11(13)12-9-5-7-10(14)8-6-9;1-2-4-6-5-3-1;;/h4*2-8,14H,1H2,(H,12,13);1-2,5-6H;;/q;;;;;2*+2/p-4. The number of hydrogen-bond acceptors (Lipinski definition) is 8. The van der Waals surface area contributed by atoms with Gasteiger partial charge < -0.3 is 0 Å². The molecule has 0 aliphatic carbocycles. The zero-order valence-corrected chi connectivity index (χ0v) is 44.7. The Balaban J connectivity index is 1.41. The van der Waals surface area contributed by atoms with Gasteiger partial charge in [-0.1, -0.05) is 0 Å². The topological polar surface area (TPSA) is 116 Å². The summed E-state index contributed by atoms with van der Waals surface area (Å²) in [6.07, 6.45) is 18.4. The third-order valence-electron chi connectivity index (χ3n) is 8.05. The minimum absolute atomic E-state index is 0.222. The summed E-state index contributed by atoms with van der Waals surface area (Å²) in [4.78, 5) is 53.6. The molecule has 0 saturated heterocycles. The average molecular weight is 1310 g/mol. The van der Waals surface area contributed by atoms with Crippen molar-refractivity contribution < 1.29 is 19.2 Å². The quantitative estimate of drug-likeness (QED) is 0.0308. The van der Waals surface area contributed by atoms with Crippen LogP contribution >= 0.6 is 34.1 Å². The number of rotatable bonds is 22. The second-order valence-corrected chi connectivity index (χ2v) is 48.8. The van der Waals surface area contributed by atoms with Crippen LogP contribution in [0.2, 0.25) is 0 Å². The first kappa shape index (κ1) is 50.1. The zero-order chi connectivity index (χ0) is 45.5. The molecule has 0 aromatic heterocycles. The summed E-state index contributed by atoms with van der Waals surface area (Å²) in [5, 5.41) is 11.6. The Morgan fingerprint density at radius 2 is 0.547 bits per heavy atom. The number of carbonyl (C=O) groups is 4. The minimum atomic E-state index is -2.72. The van der Waals surface area contributed by atoms with Crippen LogP contribution in [-0.2, 0) is 19.2 Å². The Morgan fingerprint density at radius 1 is 0.344 bits per heavy atom. The van der Waals surface area contributed by atoms with Crippen LogP contribution in [0.25, 0.3) is 0 Å². The number of carbonyl (C=O) groups excluding carboxylic acids is 4. The number of amides is 4. The van der Waals surface area contributed by atoms with E-state index in [1.165, 1.54) is 30.8 Å². The fourth-order valence-corrected chi connectivity index (χ4v) is 46.1. The van der Waals surface area contributed by atoms with E-state index in [9.17, 15) is 19.2 Å². The van der Waals surface area contributed by atoms with Gasteiger partial charge in [-0.15, -0.1) is 0 Å². The number of benzene rings is 5. The predicted octanol–water partition coefficient (Wildman–Crippen LogP) is 11.0. The van der Waals surface area contributed by atoms with Gasteiger partial charge in [0.05, 0.1) is 0 Å². The predicted molar refractivity (Wildman–Crippen MR) is 278 cm³/mol. The molecule has 0 spiro atoms. The molecule has 0 unspecified atom stereocenters. The SMILES string of the molecule is C=CC=CC(=O)Nc1ccc([S][Bi]([S]c2ccc(NC(=O)C=CC=C)cc2)[c]2cc[c]([Bi]([S]c3ccc(NC(=O)C=CC=C)cc3)[S]c3ccc(NC(=O)C=CC=C)cc3)cc2)cc1. The molecule has 0 atom stereocenters. The van der Waals surface area contributed by atoms with E-state index >= 15 is 0 Å². The summed E-state index contributed by atoms with van der Waals surface area (Å²) in [7, 11) is 7.63. The first-order valence-electron chi connectivity index (χ1n) is 19.4. The molecule has 64 heavy (non-hydrogen) atoms. The molecule has 8 nitrogen and oxygen atoms in total. The average Bonchev–Trinajstić information content (AvgIpc) is 3.31. The second-order valence-electron chi connectivity index (χ2n) is 12.8. The zero-order valence-electron chi connectivity index (χ0n) is 34.5. The van der Waals surface area contributed by atoms with Crippen LogP contribution in [0, 0.1) is 0 Å². The molecule has 5 aromatic rings. The molecule has 0 radical (unpaired) electrons. The Morgan fingerprint density at radius 3 is 0.734 bits per heavy atom. The van der Waals surface area contributed by atoms with Gasteiger partial charge in [0.25, 0.3) is 0 Å². The molecular formula is C50H44Bi2N4O4S4. The molecule has 14 heteroatoms. The first-order valence-corrected chi connectivity index (χ1v) is 43.0. The van der Waals surface area contributed by atoms with Crippen LogP contribution in [0.15, 0.2) is 240 Å². The molecule has 0 aliphatic rings. The molecule has 4 N–H and O–H groups in total. The van der Waals surface area contributed by atoms with Crippen molar-refractivity contribution in [2.45, 2.75) is 19.6 Å². The van der Waals surface area contributed by atoms with Gasteiger partial charge in [-0.2, -0.15) is 0 Å². The molecule has 0 fully saturated rings. The third-order valence-corrected chi connectivity index (χ3v) is 49.1. The molecular weight excluding hydrogens is 1270 g/mol. The van der Waals surface area contributed by atoms with Crippen LogP contribution in [0.1, 0.15) is 0 Å². The second kappa shape index (κ2) is 27.4. The Labute approximate surface area is 401 Å². The van der Waals surface area contributed by atoms with Crippen molar-refractivity contribution in [3.63, 3.8) is 0 Å². The molecule has 0 heterocycles. The normalized spacial score (nSPS) is 11.3. The van der Waals surface area contributed by atoms with Gasteiger partial charge >= 0.3 is 405 Å². The fourth-order valence-electron chi connectivity index (χ4n) is 5.08. The van der Waals surface area contributed by atoms with Crippen LogP contribution in [-0.4, -0.2) is 61.3 Å². The van der Waals surface area contributed by atoms with Crippen molar-refractivity contribution >= 4 is 125 Å². The summed E-state index contributed by atoms with van der Waals surface area (Å²) < 4.78 is 2.64. The Bertz CT molecular complexity index is 2210. The summed E-state index contributed by atoms with van der Waals surface area (Å²) in [6, 6.07) is 40.9. The number of nitrogens with one attached hydrogen (secondary N) is 4. The maximum absolute atomic E-state index is 12.3. The molecule has 5 aromatic carbocycles. The van der Waals surface area contributed by atoms with Crippen molar-refractivity contribution in [1.82, 2.24) is 0 Å². The first-order chi connectivity index (χ1) is 31.1. The number of allylic oxidation sites excluding steroid dienone is 8. The molecule has 5 rings (SSSR count). The van der Waals surface area contributed by atoms with Gasteiger partial charge in [0.1, 0.15) is 0 Å². The van der Waals surface area contributed by atoms with Crippen molar-refractivity contribution in [3.8, 4) is 0 Å². The van der Waals surface area contributed by atoms with E-state index in [4.69, 9.17) is 0 Å². The van der Waals surface area contributed by atoms with Gasteiger partial charge in [-0.05, 0) is 0 Å².